The number of carbonyl (C=O) groups excluding carboxylic acids is 1. The van der Waals surface area contributed by atoms with Gasteiger partial charge in [-0.2, -0.15) is 0 Å². The number of methoxy groups -OCH3 is 2. The average Bonchev–Trinajstić information content (AvgIpc) is 3.26. The molecule has 5 nitrogen and oxygen atoms in total. The molecule has 3 aromatic carbocycles. The van der Waals surface area contributed by atoms with Crippen LogP contribution in [0.3, 0.4) is 0 Å². The first-order valence-corrected chi connectivity index (χ1v) is 10.3. The van der Waals surface area contributed by atoms with Gasteiger partial charge in [-0.25, -0.2) is 0 Å². The monoisotopic (exact) mass is 414 g/mol. The van der Waals surface area contributed by atoms with E-state index in [1.165, 1.54) is 0 Å². The third kappa shape index (κ3) is 4.47. The van der Waals surface area contributed by atoms with Gasteiger partial charge in [0.25, 0.3) is 0 Å². The van der Waals surface area contributed by atoms with Crippen molar-refractivity contribution < 1.29 is 14.3 Å². The molecule has 0 saturated heterocycles. The zero-order chi connectivity index (χ0) is 21.6. The lowest BCUT2D eigenvalue weighted by Gasteiger charge is -2.18. The number of H-pyrrole nitrogens is 1. The van der Waals surface area contributed by atoms with Gasteiger partial charge < -0.3 is 19.8 Å². The molecule has 0 aliphatic rings. The molecule has 0 unspecified atom stereocenters. The van der Waals surface area contributed by atoms with Gasteiger partial charge in [0.15, 0.2) is 17.3 Å². The smallest absolute Gasteiger partial charge is 0.186 e. The summed E-state index contributed by atoms with van der Waals surface area (Å²) in [6.07, 6.45) is 2.56. The molecule has 4 aromatic rings. The van der Waals surface area contributed by atoms with Crippen LogP contribution in [-0.4, -0.2) is 31.5 Å². The Kier molecular flexibility index (Phi) is 6.34. The van der Waals surface area contributed by atoms with Crippen LogP contribution in [0.2, 0.25) is 0 Å². The minimum absolute atomic E-state index is 0.0518. The number of rotatable bonds is 9. The topological polar surface area (TPSA) is 63.3 Å². The summed E-state index contributed by atoms with van der Waals surface area (Å²) >= 11 is 0. The SMILES string of the molecule is COc1ccc(CCN[C@@H](C(=O)c2c[nH]c3ccccc23)c2ccccc2)cc1OC. The van der Waals surface area contributed by atoms with Gasteiger partial charge in [0, 0.05) is 29.2 Å². The molecule has 0 radical (unpaired) electrons. The molecule has 4 rings (SSSR count). The normalized spacial score (nSPS) is 11.9. The molecule has 158 valence electrons. The number of hydrogen-bond donors (Lipinski definition) is 2. The molecule has 0 amide bonds. The van der Waals surface area contributed by atoms with E-state index in [9.17, 15) is 4.79 Å². The van der Waals surface area contributed by atoms with E-state index in [-0.39, 0.29) is 5.78 Å². The number of ketones is 1. The molecule has 1 heterocycles. The summed E-state index contributed by atoms with van der Waals surface area (Å²) in [6, 6.07) is 23.2. The third-order valence-electron chi connectivity index (χ3n) is 5.46. The van der Waals surface area contributed by atoms with E-state index in [1.807, 2.05) is 72.8 Å². The number of carbonyl (C=O) groups is 1. The zero-order valence-electron chi connectivity index (χ0n) is 17.7. The first-order valence-electron chi connectivity index (χ1n) is 10.3. The molecule has 0 bridgehead atoms. The van der Waals surface area contributed by atoms with Crippen molar-refractivity contribution in [2.24, 2.45) is 0 Å². The summed E-state index contributed by atoms with van der Waals surface area (Å²) in [6.45, 7) is 0.642. The van der Waals surface area contributed by atoms with Gasteiger partial charge in [-0.15, -0.1) is 0 Å². The van der Waals surface area contributed by atoms with E-state index in [0.29, 0.717) is 23.6 Å². The molecule has 31 heavy (non-hydrogen) atoms. The number of nitrogens with one attached hydrogen (secondary N) is 2. The highest BCUT2D eigenvalue weighted by Crippen LogP contribution is 2.28. The average molecular weight is 415 g/mol. The first kappa shape index (κ1) is 20.7. The second-order valence-corrected chi connectivity index (χ2v) is 7.35. The Balaban J connectivity index is 1.55. The van der Waals surface area contributed by atoms with Crippen molar-refractivity contribution in [1.82, 2.24) is 10.3 Å². The van der Waals surface area contributed by atoms with Gasteiger partial charge in [0.1, 0.15) is 0 Å². The minimum atomic E-state index is -0.430. The number of ether oxygens (including phenoxy) is 2. The quantitative estimate of drug-likeness (QED) is 0.381. The molecule has 0 fully saturated rings. The maximum atomic E-state index is 13.5. The predicted molar refractivity (Wildman–Crippen MR) is 123 cm³/mol. The number of hydrogen-bond acceptors (Lipinski definition) is 4. The molecule has 2 N–H and O–H groups in total. The number of benzene rings is 3. The van der Waals surface area contributed by atoms with Gasteiger partial charge in [0.05, 0.1) is 20.3 Å². The van der Waals surface area contributed by atoms with Crippen LogP contribution in [0.4, 0.5) is 0 Å². The predicted octanol–water partition coefficient (Wildman–Crippen LogP) is 4.94. The van der Waals surface area contributed by atoms with E-state index >= 15 is 0 Å². The van der Waals surface area contributed by atoms with Crippen LogP contribution in [0.15, 0.2) is 79.0 Å². The number of Topliss-reactive ketones (excluding diaryl/α,β-unsaturated/α-hetero) is 1. The van der Waals surface area contributed by atoms with Crippen molar-refractivity contribution in [3.05, 3.63) is 95.7 Å². The second kappa shape index (κ2) is 9.49. The van der Waals surface area contributed by atoms with Gasteiger partial charge >= 0.3 is 0 Å². The van der Waals surface area contributed by atoms with E-state index < -0.39 is 6.04 Å². The van der Waals surface area contributed by atoms with Gasteiger partial charge in [-0.3, -0.25) is 4.79 Å². The van der Waals surface area contributed by atoms with Crippen molar-refractivity contribution in [3.8, 4) is 11.5 Å². The first-order chi connectivity index (χ1) is 15.2. The minimum Gasteiger partial charge on any atom is -0.493 e. The zero-order valence-corrected chi connectivity index (χ0v) is 17.7. The molecular weight excluding hydrogens is 388 g/mol. The van der Waals surface area contributed by atoms with Crippen molar-refractivity contribution >= 4 is 16.7 Å². The van der Waals surface area contributed by atoms with Crippen LogP contribution in [-0.2, 0) is 6.42 Å². The Morgan fingerprint density at radius 3 is 2.45 bits per heavy atom. The van der Waals surface area contributed by atoms with Gasteiger partial charge in [-0.05, 0) is 35.7 Å². The summed E-state index contributed by atoms with van der Waals surface area (Å²) in [5.74, 6) is 1.46. The Labute approximate surface area is 182 Å². The lowest BCUT2D eigenvalue weighted by atomic mass is 9.96. The van der Waals surface area contributed by atoms with Crippen molar-refractivity contribution in [2.45, 2.75) is 12.5 Å². The number of aromatic amines is 1. The van der Waals surface area contributed by atoms with Crippen molar-refractivity contribution in [1.29, 1.82) is 0 Å². The molecule has 0 aliphatic heterocycles. The van der Waals surface area contributed by atoms with Gasteiger partial charge in [0.2, 0.25) is 0 Å². The number of fused-ring (bicyclic) bond motifs is 1. The second-order valence-electron chi connectivity index (χ2n) is 7.35. The van der Waals surface area contributed by atoms with E-state index in [1.54, 1.807) is 20.4 Å². The molecule has 1 atom stereocenters. The summed E-state index contributed by atoms with van der Waals surface area (Å²) in [7, 11) is 3.26. The molecular formula is C26H26N2O3. The fourth-order valence-corrected chi connectivity index (χ4v) is 3.84. The summed E-state index contributed by atoms with van der Waals surface area (Å²) in [5.41, 5.74) is 3.72. The summed E-state index contributed by atoms with van der Waals surface area (Å²) < 4.78 is 10.7. The molecule has 0 saturated carbocycles. The van der Waals surface area contributed by atoms with Crippen LogP contribution >= 0.6 is 0 Å². The van der Waals surface area contributed by atoms with Crippen LogP contribution in [0.5, 0.6) is 11.5 Å². The number of aromatic nitrogens is 1. The molecule has 0 spiro atoms. The maximum absolute atomic E-state index is 13.5. The van der Waals surface area contributed by atoms with Crippen molar-refractivity contribution in [3.63, 3.8) is 0 Å². The Morgan fingerprint density at radius 1 is 0.935 bits per heavy atom. The van der Waals surface area contributed by atoms with Crippen molar-refractivity contribution in [2.75, 3.05) is 20.8 Å². The molecule has 5 heteroatoms. The third-order valence-corrected chi connectivity index (χ3v) is 5.46. The highest BCUT2D eigenvalue weighted by Gasteiger charge is 2.23. The Bertz CT molecular complexity index is 1170. The highest BCUT2D eigenvalue weighted by molar-refractivity contribution is 6.10. The van der Waals surface area contributed by atoms with Crippen LogP contribution in [0.1, 0.15) is 27.5 Å². The molecule has 0 aliphatic carbocycles. The largest absolute Gasteiger partial charge is 0.493 e. The molecule has 1 aromatic heterocycles. The van der Waals surface area contributed by atoms with E-state index in [0.717, 1.165) is 28.5 Å². The summed E-state index contributed by atoms with van der Waals surface area (Å²) in [4.78, 5) is 16.7. The van der Waals surface area contributed by atoms with Crippen LogP contribution < -0.4 is 14.8 Å². The fourth-order valence-electron chi connectivity index (χ4n) is 3.84. The van der Waals surface area contributed by atoms with E-state index in [2.05, 4.69) is 10.3 Å². The Hall–Kier alpha value is -3.57. The lowest BCUT2D eigenvalue weighted by Crippen LogP contribution is -2.30. The van der Waals surface area contributed by atoms with E-state index in [4.69, 9.17) is 9.47 Å². The standard InChI is InChI=1S/C26H26N2O3/c1-30-23-13-12-18(16-24(23)31-2)14-15-27-25(19-8-4-3-5-9-19)26(29)21-17-28-22-11-7-6-10-20(21)22/h3-13,16-17,25,27-28H,14-15H2,1-2H3/t25-/m1/s1. The number of para-hydroxylation sites is 1. The van der Waals surface area contributed by atoms with Crippen LogP contribution in [0.25, 0.3) is 10.9 Å². The highest BCUT2D eigenvalue weighted by atomic mass is 16.5. The van der Waals surface area contributed by atoms with Crippen LogP contribution in [0, 0.1) is 0 Å². The lowest BCUT2D eigenvalue weighted by molar-refractivity contribution is 0.0945. The Morgan fingerprint density at radius 2 is 1.68 bits per heavy atom. The fraction of sp³-hybridized carbons (Fsp3) is 0.192. The summed E-state index contributed by atoms with van der Waals surface area (Å²) in [5, 5.41) is 4.41. The van der Waals surface area contributed by atoms with Gasteiger partial charge in [-0.1, -0.05) is 54.6 Å². The maximum Gasteiger partial charge on any atom is 0.186 e.